The van der Waals surface area contributed by atoms with Crippen LogP contribution in [0.4, 0.5) is 0 Å². The molecule has 0 amide bonds. The molecule has 1 fully saturated rings. The van der Waals surface area contributed by atoms with E-state index in [4.69, 9.17) is 9.47 Å². The maximum atomic E-state index is 13.4. The van der Waals surface area contributed by atoms with Gasteiger partial charge in [-0.3, -0.25) is 9.00 Å². The Morgan fingerprint density at radius 3 is 2.61 bits per heavy atom. The van der Waals surface area contributed by atoms with Crippen molar-refractivity contribution in [3.05, 3.63) is 29.8 Å². The molecule has 1 aliphatic carbocycles. The normalized spacial score (nSPS) is 24.5. The number of esters is 1. The number of rotatable bonds is 10. The molecule has 0 radical (unpaired) electrons. The van der Waals surface area contributed by atoms with Crippen LogP contribution >= 0.6 is 0 Å². The van der Waals surface area contributed by atoms with Crippen molar-refractivity contribution < 1.29 is 23.6 Å². The average molecular weight is 411 g/mol. The summed E-state index contributed by atoms with van der Waals surface area (Å²) >= 11 is 0. The standard InChI is InChI=1S/C22H34O5S/c1-4-26-16-8-9-19(21(23)27-5-2)22(24)15-7-6-10-20(22)28(25)18-13-11-17(3)12-14-18/h11-14,19-20,24H,4-10,15-16H2,1-3H3/t19-,20-,22-,28?/m0/s1. The van der Waals surface area contributed by atoms with Crippen LogP contribution in [0.3, 0.4) is 0 Å². The van der Waals surface area contributed by atoms with E-state index in [2.05, 4.69) is 0 Å². The molecule has 2 rings (SSSR count). The smallest absolute Gasteiger partial charge is 0.311 e. The van der Waals surface area contributed by atoms with Crippen LogP contribution in [0.25, 0.3) is 0 Å². The number of aryl methyl sites for hydroxylation is 1. The van der Waals surface area contributed by atoms with Crippen LogP contribution in [0.15, 0.2) is 29.2 Å². The highest BCUT2D eigenvalue weighted by Crippen LogP contribution is 2.41. The van der Waals surface area contributed by atoms with E-state index in [1.54, 1.807) is 6.92 Å². The summed E-state index contributed by atoms with van der Waals surface area (Å²) in [6.07, 6.45) is 3.95. The largest absolute Gasteiger partial charge is 0.466 e. The van der Waals surface area contributed by atoms with E-state index in [0.717, 1.165) is 18.4 Å². The highest BCUT2D eigenvalue weighted by molar-refractivity contribution is 7.85. The summed E-state index contributed by atoms with van der Waals surface area (Å²) < 4.78 is 24.1. The van der Waals surface area contributed by atoms with Gasteiger partial charge in [-0.05, 0) is 58.6 Å². The molecule has 5 nitrogen and oxygen atoms in total. The van der Waals surface area contributed by atoms with Gasteiger partial charge in [-0.15, -0.1) is 0 Å². The number of hydrogen-bond acceptors (Lipinski definition) is 5. The number of hydrogen-bond donors (Lipinski definition) is 1. The fourth-order valence-electron chi connectivity index (χ4n) is 4.03. The van der Waals surface area contributed by atoms with E-state index < -0.39 is 33.5 Å². The third kappa shape index (κ3) is 5.65. The van der Waals surface area contributed by atoms with Gasteiger partial charge in [0.2, 0.25) is 0 Å². The fourth-order valence-corrected chi connectivity index (χ4v) is 5.79. The highest BCUT2D eigenvalue weighted by Gasteiger charge is 2.51. The van der Waals surface area contributed by atoms with Gasteiger partial charge in [-0.25, -0.2) is 0 Å². The van der Waals surface area contributed by atoms with E-state index in [1.165, 1.54) is 0 Å². The van der Waals surface area contributed by atoms with Crippen LogP contribution in [0, 0.1) is 12.8 Å². The molecule has 0 heterocycles. The highest BCUT2D eigenvalue weighted by atomic mass is 32.2. The Bertz CT molecular complexity index is 645. The zero-order valence-corrected chi connectivity index (χ0v) is 18.1. The van der Waals surface area contributed by atoms with Crippen LogP contribution in [0.2, 0.25) is 0 Å². The average Bonchev–Trinajstić information content (AvgIpc) is 2.68. The summed E-state index contributed by atoms with van der Waals surface area (Å²) in [5, 5.41) is 11.2. The minimum absolute atomic E-state index is 0.266. The Kier molecular flexibility index (Phi) is 9.12. The number of benzene rings is 1. The third-order valence-corrected chi connectivity index (χ3v) is 7.42. The summed E-state index contributed by atoms with van der Waals surface area (Å²) in [4.78, 5) is 13.4. The van der Waals surface area contributed by atoms with Crippen molar-refractivity contribution in [2.45, 2.75) is 75.0 Å². The molecule has 1 aromatic rings. The Balaban J connectivity index is 2.28. The lowest BCUT2D eigenvalue weighted by Crippen LogP contribution is -2.55. The Hall–Kier alpha value is -1.24. The molecular formula is C22H34O5S. The zero-order valence-electron chi connectivity index (χ0n) is 17.3. The first-order valence-electron chi connectivity index (χ1n) is 10.4. The van der Waals surface area contributed by atoms with Gasteiger partial charge < -0.3 is 14.6 Å². The minimum atomic E-state index is -1.39. The molecule has 1 saturated carbocycles. The quantitative estimate of drug-likeness (QED) is 0.469. The topological polar surface area (TPSA) is 72.8 Å². The molecule has 0 spiro atoms. The van der Waals surface area contributed by atoms with Gasteiger partial charge >= 0.3 is 5.97 Å². The molecule has 4 atom stereocenters. The Labute approximate surface area is 171 Å². The molecule has 158 valence electrons. The van der Waals surface area contributed by atoms with E-state index in [-0.39, 0.29) is 6.61 Å². The number of ether oxygens (including phenoxy) is 2. The monoisotopic (exact) mass is 410 g/mol. The van der Waals surface area contributed by atoms with E-state index >= 15 is 0 Å². The second-order valence-corrected chi connectivity index (χ2v) is 9.12. The third-order valence-electron chi connectivity index (χ3n) is 5.52. The lowest BCUT2D eigenvalue weighted by molar-refractivity contribution is -0.161. The van der Waals surface area contributed by atoms with Gasteiger partial charge in [0.1, 0.15) is 0 Å². The SMILES string of the molecule is CCOCCC[C@@H](C(=O)OCC)[C@@]1(O)CCCC[C@@H]1S(=O)c1ccc(C)cc1. The van der Waals surface area contributed by atoms with Crippen molar-refractivity contribution in [2.24, 2.45) is 5.92 Å². The first-order valence-corrected chi connectivity index (χ1v) is 11.6. The van der Waals surface area contributed by atoms with Gasteiger partial charge in [0, 0.05) is 18.1 Å². The summed E-state index contributed by atoms with van der Waals surface area (Å²) in [5.74, 6) is -1.08. The number of aliphatic hydroxyl groups is 1. The summed E-state index contributed by atoms with van der Waals surface area (Å²) in [6, 6.07) is 7.57. The van der Waals surface area contributed by atoms with Crippen molar-refractivity contribution >= 4 is 16.8 Å². The first-order chi connectivity index (χ1) is 13.4. The predicted molar refractivity (Wildman–Crippen MR) is 111 cm³/mol. The Morgan fingerprint density at radius 1 is 1.25 bits per heavy atom. The molecule has 0 saturated heterocycles. The second kappa shape index (κ2) is 11.1. The van der Waals surface area contributed by atoms with Crippen LogP contribution in [-0.2, 0) is 25.1 Å². The predicted octanol–water partition coefficient (Wildman–Crippen LogP) is 3.77. The van der Waals surface area contributed by atoms with Gasteiger partial charge in [-0.2, -0.15) is 0 Å². The second-order valence-electron chi connectivity index (χ2n) is 7.48. The molecule has 28 heavy (non-hydrogen) atoms. The van der Waals surface area contributed by atoms with Crippen molar-refractivity contribution in [3.63, 3.8) is 0 Å². The molecule has 1 unspecified atom stereocenters. The Morgan fingerprint density at radius 2 is 1.96 bits per heavy atom. The van der Waals surface area contributed by atoms with Crippen LogP contribution in [0.1, 0.15) is 57.9 Å². The molecule has 0 aromatic heterocycles. The van der Waals surface area contributed by atoms with E-state index in [1.807, 2.05) is 38.1 Å². The summed E-state index contributed by atoms with van der Waals surface area (Å²) in [6.45, 7) is 7.10. The lowest BCUT2D eigenvalue weighted by Gasteiger charge is -2.43. The molecule has 1 aliphatic rings. The lowest BCUT2D eigenvalue weighted by atomic mass is 9.73. The van der Waals surface area contributed by atoms with Crippen LogP contribution < -0.4 is 0 Å². The minimum Gasteiger partial charge on any atom is -0.466 e. The molecular weight excluding hydrogens is 376 g/mol. The summed E-state index contributed by atoms with van der Waals surface area (Å²) in [7, 11) is -1.39. The van der Waals surface area contributed by atoms with Crippen LogP contribution in [0.5, 0.6) is 0 Å². The molecule has 0 aliphatic heterocycles. The van der Waals surface area contributed by atoms with Gasteiger partial charge in [-0.1, -0.05) is 30.5 Å². The van der Waals surface area contributed by atoms with Gasteiger partial charge in [0.15, 0.2) is 0 Å². The summed E-state index contributed by atoms with van der Waals surface area (Å²) in [5.41, 5.74) is -0.230. The van der Waals surface area contributed by atoms with Crippen molar-refractivity contribution in [3.8, 4) is 0 Å². The van der Waals surface area contributed by atoms with Gasteiger partial charge in [0.25, 0.3) is 0 Å². The van der Waals surface area contributed by atoms with E-state index in [9.17, 15) is 14.1 Å². The molecule has 1 N–H and O–H groups in total. The zero-order chi connectivity index (χ0) is 20.6. The molecule has 6 heteroatoms. The maximum absolute atomic E-state index is 13.4. The van der Waals surface area contributed by atoms with Crippen molar-refractivity contribution in [1.29, 1.82) is 0 Å². The first kappa shape index (κ1) is 23.0. The van der Waals surface area contributed by atoms with Gasteiger partial charge in [0.05, 0.1) is 34.2 Å². The number of carbonyl (C=O) groups excluding carboxylic acids is 1. The van der Waals surface area contributed by atoms with E-state index in [0.29, 0.717) is 43.8 Å². The van der Waals surface area contributed by atoms with Crippen molar-refractivity contribution in [2.75, 3.05) is 19.8 Å². The number of carbonyl (C=O) groups is 1. The van der Waals surface area contributed by atoms with Crippen molar-refractivity contribution in [1.82, 2.24) is 0 Å². The van der Waals surface area contributed by atoms with Crippen LogP contribution in [-0.4, -0.2) is 46.0 Å². The molecule has 1 aromatic carbocycles. The fraction of sp³-hybridized carbons (Fsp3) is 0.682. The molecule has 0 bridgehead atoms. The maximum Gasteiger partial charge on any atom is 0.311 e.